The van der Waals surface area contributed by atoms with Crippen molar-refractivity contribution in [3.05, 3.63) is 11.6 Å². The predicted octanol–water partition coefficient (Wildman–Crippen LogP) is 2.53. The molecular weight excluding hydrogens is 414 g/mol. The van der Waals surface area contributed by atoms with Crippen LogP contribution < -0.4 is 5.32 Å². The van der Waals surface area contributed by atoms with Gasteiger partial charge < -0.3 is 28.8 Å². The molecule has 8 nitrogen and oxygen atoms in total. The SMILES string of the molecule is COC(=O)[C@@H](CC(C)C)NC(O)O[C@@H]1CC[C@]2(CO2)[C@@H]([C@@]2(C)O[C@@H]2CC=C(C)C)[C@@H]1OC. The Bertz CT molecular complexity index is 688. The number of aliphatic hydroxyl groups is 1. The Balaban J connectivity index is 1.69. The van der Waals surface area contributed by atoms with Crippen LogP contribution in [0, 0.1) is 11.8 Å². The second kappa shape index (κ2) is 10.1. The van der Waals surface area contributed by atoms with E-state index in [1.807, 2.05) is 13.8 Å². The van der Waals surface area contributed by atoms with Crippen molar-refractivity contribution in [2.75, 3.05) is 20.8 Å². The lowest BCUT2D eigenvalue weighted by atomic mass is 9.68. The maximum absolute atomic E-state index is 12.1. The predicted molar refractivity (Wildman–Crippen MR) is 119 cm³/mol. The molecule has 0 aromatic rings. The molecule has 0 radical (unpaired) electrons. The van der Waals surface area contributed by atoms with Gasteiger partial charge in [-0.05, 0) is 52.4 Å². The number of epoxide rings is 2. The van der Waals surface area contributed by atoms with E-state index in [0.29, 0.717) is 19.4 Å². The Morgan fingerprint density at radius 3 is 2.53 bits per heavy atom. The third-order valence-electron chi connectivity index (χ3n) is 7.08. The smallest absolute Gasteiger partial charge is 0.323 e. The van der Waals surface area contributed by atoms with Gasteiger partial charge in [0.05, 0.1) is 43.5 Å². The fourth-order valence-corrected chi connectivity index (χ4v) is 5.31. The lowest BCUT2D eigenvalue weighted by Gasteiger charge is -2.43. The monoisotopic (exact) mass is 455 g/mol. The molecule has 0 aromatic heterocycles. The third-order valence-corrected chi connectivity index (χ3v) is 7.08. The summed E-state index contributed by atoms with van der Waals surface area (Å²) in [5.41, 5.74) is 0.652. The van der Waals surface area contributed by atoms with E-state index >= 15 is 0 Å². The van der Waals surface area contributed by atoms with Crippen LogP contribution in [0.3, 0.4) is 0 Å². The highest BCUT2D eigenvalue weighted by Gasteiger charge is 2.72. The number of carbonyl (C=O) groups excluding carboxylic acids is 1. The summed E-state index contributed by atoms with van der Waals surface area (Å²) in [5, 5.41) is 13.5. The van der Waals surface area contributed by atoms with E-state index in [0.717, 1.165) is 12.8 Å². The van der Waals surface area contributed by atoms with Gasteiger partial charge in [-0.15, -0.1) is 0 Å². The fourth-order valence-electron chi connectivity index (χ4n) is 5.31. The van der Waals surface area contributed by atoms with Crippen molar-refractivity contribution in [3.63, 3.8) is 0 Å². The molecule has 2 N–H and O–H groups in total. The first-order chi connectivity index (χ1) is 15.1. The summed E-state index contributed by atoms with van der Waals surface area (Å²) in [7, 11) is 3.01. The van der Waals surface area contributed by atoms with Gasteiger partial charge in [-0.1, -0.05) is 25.5 Å². The Morgan fingerprint density at radius 1 is 1.31 bits per heavy atom. The molecule has 1 saturated carbocycles. The zero-order chi connectivity index (χ0) is 23.7. The highest BCUT2D eigenvalue weighted by molar-refractivity contribution is 5.75. The molecule has 3 fully saturated rings. The molecule has 0 bridgehead atoms. The van der Waals surface area contributed by atoms with Crippen LogP contribution in [0.25, 0.3) is 0 Å². The molecule has 32 heavy (non-hydrogen) atoms. The van der Waals surface area contributed by atoms with E-state index in [9.17, 15) is 9.90 Å². The maximum Gasteiger partial charge on any atom is 0.323 e. The summed E-state index contributed by atoms with van der Waals surface area (Å²) in [6, 6.07) is -0.647. The summed E-state index contributed by atoms with van der Waals surface area (Å²) < 4.78 is 29.0. The van der Waals surface area contributed by atoms with Gasteiger partial charge in [0, 0.05) is 7.11 Å². The van der Waals surface area contributed by atoms with E-state index in [2.05, 4.69) is 32.2 Å². The quantitative estimate of drug-likeness (QED) is 0.212. The second-order valence-corrected chi connectivity index (χ2v) is 10.3. The molecule has 1 spiro atoms. The molecule has 3 rings (SSSR count). The topological polar surface area (TPSA) is 102 Å². The number of aliphatic hydroxyl groups excluding tert-OH is 1. The van der Waals surface area contributed by atoms with Crippen LogP contribution in [0.1, 0.15) is 60.3 Å². The average molecular weight is 456 g/mol. The minimum absolute atomic E-state index is 0.00594. The standard InChI is InChI=1S/C24H41NO7/c1-14(2)8-9-18-23(5,32-18)20-19(28-6)17(10-11-24(20)13-30-24)31-22(27)25-16(12-15(3)4)21(26)29-7/h8,15-20,22,25,27H,9-13H2,1-7H3/t16-,17-,18-,19-,20-,22?,23+,24+/m1/s1. The van der Waals surface area contributed by atoms with E-state index in [1.165, 1.54) is 12.7 Å². The molecule has 1 aliphatic carbocycles. The number of carbonyl (C=O) groups is 1. The van der Waals surface area contributed by atoms with Gasteiger partial charge >= 0.3 is 5.97 Å². The van der Waals surface area contributed by atoms with Crippen LogP contribution in [-0.4, -0.2) is 73.9 Å². The van der Waals surface area contributed by atoms with Gasteiger partial charge in [0.1, 0.15) is 11.6 Å². The lowest BCUT2D eigenvalue weighted by molar-refractivity contribution is -0.218. The molecule has 2 saturated heterocycles. The van der Waals surface area contributed by atoms with Crippen LogP contribution in [0.5, 0.6) is 0 Å². The Kier molecular flexibility index (Phi) is 8.06. The molecule has 0 amide bonds. The van der Waals surface area contributed by atoms with Crippen molar-refractivity contribution >= 4 is 5.97 Å². The van der Waals surface area contributed by atoms with E-state index in [4.69, 9.17) is 23.7 Å². The first-order valence-electron chi connectivity index (χ1n) is 11.7. The number of ether oxygens (including phenoxy) is 5. The molecule has 184 valence electrons. The van der Waals surface area contributed by atoms with Crippen molar-refractivity contribution in [1.29, 1.82) is 0 Å². The average Bonchev–Trinajstić information content (AvgIpc) is 3.63. The van der Waals surface area contributed by atoms with Gasteiger partial charge in [0.25, 0.3) is 0 Å². The van der Waals surface area contributed by atoms with Gasteiger partial charge in [0.15, 0.2) is 0 Å². The zero-order valence-corrected chi connectivity index (χ0v) is 20.6. The highest BCUT2D eigenvalue weighted by Crippen LogP contribution is 2.59. The van der Waals surface area contributed by atoms with Crippen LogP contribution in [-0.2, 0) is 28.5 Å². The minimum atomic E-state index is -1.32. The van der Waals surface area contributed by atoms with Crippen molar-refractivity contribution in [1.82, 2.24) is 5.32 Å². The van der Waals surface area contributed by atoms with E-state index in [1.54, 1.807) is 7.11 Å². The van der Waals surface area contributed by atoms with Crippen molar-refractivity contribution in [2.24, 2.45) is 11.8 Å². The molecule has 8 atom stereocenters. The summed E-state index contributed by atoms with van der Waals surface area (Å²) in [5.74, 6) is -0.174. The van der Waals surface area contributed by atoms with Crippen LogP contribution in [0.4, 0.5) is 0 Å². The number of nitrogens with one attached hydrogen (secondary N) is 1. The number of esters is 1. The van der Waals surface area contributed by atoms with Gasteiger partial charge in [-0.3, -0.25) is 10.1 Å². The third kappa shape index (κ3) is 5.54. The minimum Gasteiger partial charge on any atom is -0.468 e. The van der Waals surface area contributed by atoms with E-state index < -0.39 is 18.4 Å². The number of rotatable bonds is 11. The Hall–Kier alpha value is -1.03. The number of hydrogen-bond acceptors (Lipinski definition) is 8. The zero-order valence-electron chi connectivity index (χ0n) is 20.6. The molecule has 8 heteroatoms. The lowest BCUT2D eigenvalue weighted by Crippen LogP contribution is -2.57. The first-order valence-corrected chi connectivity index (χ1v) is 11.7. The highest BCUT2D eigenvalue weighted by atomic mass is 16.7. The summed E-state index contributed by atoms with van der Waals surface area (Å²) in [4.78, 5) is 12.1. The van der Waals surface area contributed by atoms with Crippen LogP contribution in [0.15, 0.2) is 11.6 Å². The maximum atomic E-state index is 12.1. The summed E-state index contributed by atoms with van der Waals surface area (Å²) in [6.45, 7) is 11.0. The largest absolute Gasteiger partial charge is 0.468 e. The van der Waals surface area contributed by atoms with Gasteiger partial charge in [-0.2, -0.15) is 0 Å². The second-order valence-electron chi connectivity index (χ2n) is 10.3. The van der Waals surface area contributed by atoms with Crippen LogP contribution in [0.2, 0.25) is 0 Å². The number of allylic oxidation sites excluding steroid dienone is 1. The molecule has 1 unspecified atom stereocenters. The summed E-state index contributed by atoms with van der Waals surface area (Å²) >= 11 is 0. The number of methoxy groups -OCH3 is 2. The molecule has 2 heterocycles. The van der Waals surface area contributed by atoms with Crippen molar-refractivity contribution < 1.29 is 33.6 Å². The molecule has 0 aromatic carbocycles. The van der Waals surface area contributed by atoms with Gasteiger partial charge in [0.2, 0.25) is 6.41 Å². The van der Waals surface area contributed by atoms with Gasteiger partial charge in [-0.25, -0.2) is 0 Å². The Labute approximate surface area is 191 Å². The fraction of sp³-hybridized carbons (Fsp3) is 0.875. The normalized spacial score (nSPS) is 37.8. The molecular formula is C24H41NO7. The molecule has 2 aliphatic heterocycles. The van der Waals surface area contributed by atoms with Crippen molar-refractivity contribution in [2.45, 2.75) is 102 Å². The number of hydrogen-bond donors (Lipinski definition) is 2. The van der Waals surface area contributed by atoms with E-state index in [-0.39, 0.29) is 41.3 Å². The molecule has 3 aliphatic rings. The van der Waals surface area contributed by atoms with Crippen molar-refractivity contribution in [3.8, 4) is 0 Å². The summed E-state index contributed by atoms with van der Waals surface area (Å²) in [6.07, 6.45) is 3.23. The Morgan fingerprint density at radius 2 is 2.00 bits per heavy atom. The first kappa shape index (κ1) is 25.6. The van der Waals surface area contributed by atoms with Crippen LogP contribution >= 0.6 is 0 Å².